The van der Waals surface area contributed by atoms with Crippen LogP contribution >= 0.6 is 34.5 Å². The largest absolute Gasteiger partial charge is 0.308 e. The number of aromatic nitrogens is 1. The number of amides is 1. The smallest absolute Gasteiger partial charge is 0.288 e. The van der Waals surface area contributed by atoms with Crippen LogP contribution in [0.1, 0.15) is 22.8 Å². The molecule has 3 aromatic rings. The summed E-state index contributed by atoms with van der Waals surface area (Å²) < 4.78 is 1.52. The highest BCUT2D eigenvalue weighted by atomic mass is 35.5. The van der Waals surface area contributed by atoms with Crippen LogP contribution in [0, 0.1) is 0 Å². The van der Waals surface area contributed by atoms with Crippen molar-refractivity contribution in [3.63, 3.8) is 0 Å². The van der Waals surface area contributed by atoms with Gasteiger partial charge < -0.3 is 0 Å². The van der Waals surface area contributed by atoms with Gasteiger partial charge in [-0.05, 0) is 35.9 Å². The molecule has 4 rings (SSSR count). The van der Waals surface area contributed by atoms with E-state index < -0.39 is 0 Å². The molecule has 2 aromatic carbocycles. The van der Waals surface area contributed by atoms with Crippen LogP contribution in [0.4, 0.5) is 11.5 Å². The summed E-state index contributed by atoms with van der Waals surface area (Å²) in [5, 5.41) is 1.19. The van der Waals surface area contributed by atoms with E-state index in [1.165, 1.54) is 4.57 Å². The third-order valence-electron chi connectivity index (χ3n) is 4.53. The van der Waals surface area contributed by atoms with E-state index >= 15 is 0 Å². The molecule has 1 aliphatic heterocycles. The van der Waals surface area contributed by atoms with Gasteiger partial charge in [0.2, 0.25) is 5.91 Å². The number of thiazole rings is 1. The molecule has 7 heteroatoms. The van der Waals surface area contributed by atoms with Crippen LogP contribution in [0.25, 0.3) is 0 Å². The van der Waals surface area contributed by atoms with Crippen molar-refractivity contribution < 1.29 is 4.79 Å². The predicted molar refractivity (Wildman–Crippen MR) is 106 cm³/mol. The van der Waals surface area contributed by atoms with Crippen molar-refractivity contribution in [2.24, 2.45) is 7.05 Å². The summed E-state index contributed by atoms with van der Waals surface area (Å²) >= 11 is 13.5. The quantitative estimate of drug-likeness (QED) is 0.605. The molecule has 132 valence electrons. The van der Waals surface area contributed by atoms with Crippen molar-refractivity contribution in [3.05, 3.63) is 78.7 Å². The highest BCUT2D eigenvalue weighted by Gasteiger charge is 2.37. The first-order chi connectivity index (χ1) is 12.5. The van der Waals surface area contributed by atoms with Gasteiger partial charge in [0.25, 0.3) is 0 Å². The monoisotopic (exact) mass is 404 g/mol. The zero-order chi connectivity index (χ0) is 18.4. The van der Waals surface area contributed by atoms with E-state index in [0.717, 1.165) is 21.8 Å². The molecule has 0 fully saturated rings. The van der Waals surface area contributed by atoms with Gasteiger partial charge in [-0.25, -0.2) is 0 Å². The van der Waals surface area contributed by atoms with Gasteiger partial charge >= 0.3 is 4.87 Å². The van der Waals surface area contributed by atoms with E-state index in [1.54, 1.807) is 42.3 Å². The molecule has 0 saturated carbocycles. The highest BCUT2D eigenvalue weighted by Crippen LogP contribution is 2.45. The molecule has 0 aliphatic carbocycles. The average Bonchev–Trinajstić information content (AvgIpc) is 2.91. The molecule has 0 N–H and O–H groups in total. The summed E-state index contributed by atoms with van der Waals surface area (Å²) in [5.74, 6) is 0.287. The van der Waals surface area contributed by atoms with Crippen molar-refractivity contribution in [2.45, 2.75) is 12.3 Å². The second-order valence-corrected chi connectivity index (χ2v) is 7.94. The van der Waals surface area contributed by atoms with Gasteiger partial charge in [-0.2, -0.15) is 0 Å². The number of rotatable bonds is 2. The second kappa shape index (κ2) is 6.58. The molecule has 0 radical (unpaired) electrons. The summed E-state index contributed by atoms with van der Waals surface area (Å²) in [6.45, 7) is 0. The van der Waals surface area contributed by atoms with Gasteiger partial charge in [0.05, 0.1) is 10.6 Å². The second-order valence-electron chi connectivity index (χ2n) is 6.10. The van der Waals surface area contributed by atoms with Gasteiger partial charge in [-0.15, -0.1) is 0 Å². The van der Waals surface area contributed by atoms with Crippen molar-refractivity contribution in [3.8, 4) is 0 Å². The lowest BCUT2D eigenvalue weighted by Gasteiger charge is -2.32. The van der Waals surface area contributed by atoms with Crippen LogP contribution in [0.5, 0.6) is 0 Å². The molecular formula is C19H14Cl2N2O2S. The number of anilines is 2. The van der Waals surface area contributed by atoms with Crippen LogP contribution < -0.4 is 9.77 Å². The van der Waals surface area contributed by atoms with Crippen LogP contribution in [0.2, 0.25) is 10.0 Å². The lowest BCUT2D eigenvalue weighted by Crippen LogP contribution is -2.34. The minimum absolute atomic E-state index is 0.0851. The number of halogens is 2. The molecule has 0 saturated heterocycles. The topological polar surface area (TPSA) is 42.3 Å². The molecule has 0 spiro atoms. The van der Waals surface area contributed by atoms with Crippen LogP contribution in [-0.2, 0) is 11.8 Å². The van der Waals surface area contributed by atoms with Gasteiger partial charge in [0.15, 0.2) is 0 Å². The molecule has 0 bridgehead atoms. The van der Waals surface area contributed by atoms with Crippen LogP contribution in [0.15, 0.2) is 53.3 Å². The maximum Gasteiger partial charge on any atom is 0.308 e. The normalized spacial score (nSPS) is 16.7. The van der Waals surface area contributed by atoms with E-state index in [4.69, 9.17) is 23.2 Å². The predicted octanol–water partition coefficient (Wildman–Crippen LogP) is 4.95. The Morgan fingerprint density at radius 2 is 1.73 bits per heavy atom. The van der Waals surface area contributed by atoms with E-state index in [1.807, 2.05) is 18.2 Å². The van der Waals surface area contributed by atoms with Gasteiger partial charge in [-0.1, -0.05) is 52.7 Å². The standard InChI is InChI=1S/C19H14Cl2N2O2S/c1-22-18-17(26-19(22)25)14(13-4-2-3-5-15(13)21)10-16(24)23(18)12-8-6-11(20)7-9-12/h2-9,14H,10H2,1H3/t14-/m0/s1. The zero-order valence-corrected chi connectivity index (χ0v) is 16.1. The van der Waals surface area contributed by atoms with Gasteiger partial charge in [0.1, 0.15) is 5.82 Å². The molecule has 26 heavy (non-hydrogen) atoms. The number of benzene rings is 2. The number of carbonyl (C=O) groups is 1. The summed E-state index contributed by atoms with van der Waals surface area (Å²) in [6.07, 6.45) is 0.249. The SMILES string of the molecule is Cn1c2c(sc1=O)[C@H](c1ccccc1Cl)CC(=O)N2c1ccc(Cl)cc1. The molecule has 4 nitrogen and oxygen atoms in total. The molecule has 2 heterocycles. The average molecular weight is 405 g/mol. The minimum Gasteiger partial charge on any atom is -0.288 e. The number of carbonyl (C=O) groups excluding carboxylic acids is 1. The Balaban J connectivity index is 1.92. The zero-order valence-electron chi connectivity index (χ0n) is 13.8. The van der Waals surface area contributed by atoms with Crippen molar-refractivity contribution in [1.29, 1.82) is 0 Å². The fourth-order valence-corrected chi connectivity index (χ4v) is 4.77. The first-order valence-electron chi connectivity index (χ1n) is 8.00. The Morgan fingerprint density at radius 3 is 2.42 bits per heavy atom. The lowest BCUT2D eigenvalue weighted by molar-refractivity contribution is -0.118. The van der Waals surface area contributed by atoms with Crippen molar-refractivity contribution in [1.82, 2.24) is 4.57 Å². The number of nitrogens with zero attached hydrogens (tertiary/aromatic N) is 2. The molecular weight excluding hydrogens is 391 g/mol. The molecule has 1 atom stereocenters. The molecule has 0 unspecified atom stereocenters. The fourth-order valence-electron chi connectivity index (χ4n) is 3.29. The number of hydrogen-bond acceptors (Lipinski definition) is 3. The van der Waals surface area contributed by atoms with Gasteiger partial charge in [-0.3, -0.25) is 19.1 Å². The minimum atomic E-state index is -0.228. The third-order valence-corrected chi connectivity index (χ3v) is 6.26. The summed E-state index contributed by atoms with van der Waals surface area (Å²) in [6, 6.07) is 14.5. The molecule has 1 aliphatic rings. The maximum atomic E-state index is 13.0. The van der Waals surface area contributed by atoms with E-state index in [-0.39, 0.29) is 23.1 Å². The molecule has 1 aromatic heterocycles. The maximum absolute atomic E-state index is 13.0. The van der Waals surface area contributed by atoms with Gasteiger partial charge in [0, 0.05) is 29.4 Å². The fraction of sp³-hybridized carbons (Fsp3) is 0.158. The number of fused-ring (bicyclic) bond motifs is 1. The van der Waals surface area contributed by atoms with Crippen molar-refractivity contribution >= 4 is 52.0 Å². The van der Waals surface area contributed by atoms with Crippen LogP contribution in [-0.4, -0.2) is 10.5 Å². The first-order valence-corrected chi connectivity index (χ1v) is 9.57. The Hall–Kier alpha value is -2.08. The molecule has 1 amide bonds. The van der Waals surface area contributed by atoms with Crippen LogP contribution in [0.3, 0.4) is 0 Å². The number of hydrogen-bond donors (Lipinski definition) is 0. The Kier molecular flexibility index (Phi) is 4.39. The summed E-state index contributed by atoms with van der Waals surface area (Å²) in [7, 11) is 1.68. The summed E-state index contributed by atoms with van der Waals surface area (Å²) in [4.78, 5) is 27.8. The van der Waals surface area contributed by atoms with E-state index in [0.29, 0.717) is 21.6 Å². The van der Waals surface area contributed by atoms with E-state index in [9.17, 15) is 9.59 Å². The Morgan fingerprint density at radius 1 is 1.04 bits per heavy atom. The third kappa shape index (κ3) is 2.76. The lowest BCUT2D eigenvalue weighted by atomic mass is 9.90. The first kappa shape index (κ1) is 17.3. The Bertz CT molecular complexity index is 1060. The highest BCUT2D eigenvalue weighted by molar-refractivity contribution is 7.10. The Labute approximate surface area is 164 Å². The van der Waals surface area contributed by atoms with E-state index in [2.05, 4.69) is 0 Å². The summed E-state index contributed by atoms with van der Waals surface area (Å²) in [5.41, 5.74) is 1.55. The van der Waals surface area contributed by atoms with Crippen molar-refractivity contribution in [2.75, 3.05) is 4.90 Å².